The average Bonchev–Trinajstić information content (AvgIpc) is 3.08. The zero-order valence-corrected chi connectivity index (χ0v) is 14.7. The number of carboxylic acids is 1. The fourth-order valence-electron chi connectivity index (χ4n) is 4.39. The van der Waals surface area contributed by atoms with Crippen LogP contribution in [-0.2, 0) is 9.59 Å². The van der Waals surface area contributed by atoms with Crippen molar-refractivity contribution in [3.63, 3.8) is 0 Å². The molecule has 1 aliphatic carbocycles. The van der Waals surface area contributed by atoms with E-state index in [0.29, 0.717) is 32.2 Å². The standard InChI is InChI=1S/C22H23NO3/c24-21(16-10-12-17(13-11-16)22(25)26)23-14-19(15-6-2-1-3-7-15)18-8-4-5-9-20(18)23/h1-9,16-17,19H,10-14H2,(H,25,26). The molecular weight excluding hydrogens is 326 g/mol. The average molecular weight is 349 g/mol. The lowest BCUT2D eigenvalue weighted by Gasteiger charge is -2.29. The molecule has 4 heteroatoms. The molecule has 1 fully saturated rings. The molecule has 1 unspecified atom stereocenters. The number of fused-ring (bicyclic) bond motifs is 1. The first-order valence-corrected chi connectivity index (χ1v) is 9.33. The summed E-state index contributed by atoms with van der Waals surface area (Å²) in [5, 5.41) is 9.17. The summed E-state index contributed by atoms with van der Waals surface area (Å²) in [5.41, 5.74) is 3.43. The molecule has 1 N–H and O–H groups in total. The third-order valence-corrected chi connectivity index (χ3v) is 5.86. The summed E-state index contributed by atoms with van der Waals surface area (Å²) in [4.78, 5) is 26.3. The van der Waals surface area contributed by atoms with Gasteiger partial charge >= 0.3 is 5.97 Å². The van der Waals surface area contributed by atoms with Crippen LogP contribution in [0.15, 0.2) is 54.6 Å². The highest BCUT2D eigenvalue weighted by Gasteiger charge is 2.38. The Labute approximate surface area is 153 Å². The number of carbonyl (C=O) groups is 2. The van der Waals surface area contributed by atoms with E-state index >= 15 is 0 Å². The van der Waals surface area contributed by atoms with Gasteiger partial charge in [-0.05, 0) is 42.9 Å². The van der Waals surface area contributed by atoms with Crippen molar-refractivity contribution in [3.8, 4) is 0 Å². The van der Waals surface area contributed by atoms with Crippen molar-refractivity contribution in [1.29, 1.82) is 0 Å². The van der Waals surface area contributed by atoms with Crippen molar-refractivity contribution in [2.24, 2.45) is 11.8 Å². The number of benzene rings is 2. The fraction of sp³-hybridized carbons (Fsp3) is 0.364. The Morgan fingerprint density at radius 3 is 2.15 bits per heavy atom. The van der Waals surface area contributed by atoms with E-state index in [1.807, 2.05) is 41.3 Å². The molecule has 26 heavy (non-hydrogen) atoms. The van der Waals surface area contributed by atoms with Gasteiger partial charge in [-0.1, -0.05) is 48.5 Å². The topological polar surface area (TPSA) is 57.6 Å². The first-order chi connectivity index (χ1) is 12.6. The first-order valence-electron chi connectivity index (χ1n) is 9.33. The van der Waals surface area contributed by atoms with Crippen LogP contribution in [-0.4, -0.2) is 23.5 Å². The molecule has 2 aromatic carbocycles. The minimum absolute atomic E-state index is 0.0619. The Morgan fingerprint density at radius 1 is 0.846 bits per heavy atom. The number of rotatable bonds is 3. The van der Waals surface area contributed by atoms with E-state index in [1.165, 1.54) is 11.1 Å². The second-order valence-corrected chi connectivity index (χ2v) is 7.36. The van der Waals surface area contributed by atoms with Crippen LogP contribution in [0.3, 0.4) is 0 Å². The van der Waals surface area contributed by atoms with Crippen molar-refractivity contribution in [2.75, 3.05) is 11.4 Å². The predicted molar refractivity (Wildman–Crippen MR) is 100 cm³/mol. The number of carbonyl (C=O) groups excluding carboxylic acids is 1. The van der Waals surface area contributed by atoms with Crippen LogP contribution >= 0.6 is 0 Å². The maximum Gasteiger partial charge on any atom is 0.306 e. The van der Waals surface area contributed by atoms with Crippen LogP contribution < -0.4 is 4.90 Å². The molecule has 0 radical (unpaired) electrons. The van der Waals surface area contributed by atoms with E-state index < -0.39 is 5.97 Å². The van der Waals surface area contributed by atoms with Gasteiger partial charge in [0.1, 0.15) is 0 Å². The molecule has 4 nitrogen and oxygen atoms in total. The number of anilines is 1. The molecule has 0 saturated heterocycles. The molecule has 1 heterocycles. The molecule has 4 rings (SSSR count). The molecule has 2 aliphatic rings. The largest absolute Gasteiger partial charge is 0.481 e. The van der Waals surface area contributed by atoms with Crippen LogP contribution in [0.4, 0.5) is 5.69 Å². The normalized spacial score (nSPS) is 24.9. The summed E-state index contributed by atoms with van der Waals surface area (Å²) in [6.07, 6.45) is 2.54. The minimum atomic E-state index is -0.730. The lowest BCUT2D eigenvalue weighted by Crippen LogP contribution is -2.38. The molecule has 1 amide bonds. The molecule has 1 aliphatic heterocycles. The summed E-state index contributed by atoms with van der Waals surface area (Å²) in [6, 6.07) is 18.5. The molecule has 2 aromatic rings. The summed E-state index contributed by atoms with van der Waals surface area (Å²) < 4.78 is 0. The van der Waals surface area contributed by atoms with Gasteiger partial charge in [0.05, 0.1) is 5.92 Å². The zero-order valence-electron chi connectivity index (χ0n) is 14.7. The third kappa shape index (κ3) is 3.00. The van der Waals surface area contributed by atoms with Crippen LogP contribution in [0, 0.1) is 11.8 Å². The molecule has 1 saturated carbocycles. The van der Waals surface area contributed by atoms with Crippen molar-refractivity contribution < 1.29 is 14.7 Å². The lowest BCUT2D eigenvalue weighted by molar-refractivity contribution is -0.144. The van der Waals surface area contributed by atoms with Crippen LogP contribution in [0.2, 0.25) is 0 Å². The first kappa shape index (κ1) is 16.8. The van der Waals surface area contributed by atoms with Gasteiger partial charge in [-0.2, -0.15) is 0 Å². The van der Waals surface area contributed by atoms with Crippen LogP contribution in [0.5, 0.6) is 0 Å². The van der Waals surface area contributed by atoms with E-state index in [-0.39, 0.29) is 23.7 Å². The van der Waals surface area contributed by atoms with E-state index in [9.17, 15) is 14.7 Å². The van der Waals surface area contributed by atoms with Gasteiger partial charge in [0.25, 0.3) is 0 Å². The van der Waals surface area contributed by atoms with Gasteiger partial charge in [-0.3, -0.25) is 9.59 Å². The Hall–Kier alpha value is -2.62. The van der Waals surface area contributed by atoms with Gasteiger partial charge < -0.3 is 10.0 Å². The summed E-state index contributed by atoms with van der Waals surface area (Å²) in [6.45, 7) is 0.668. The van der Waals surface area contributed by atoms with Gasteiger partial charge in [0.2, 0.25) is 5.91 Å². The smallest absolute Gasteiger partial charge is 0.306 e. The molecule has 134 valence electrons. The number of aliphatic carboxylic acids is 1. The molecule has 0 spiro atoms. The van der Waals surface area contributed by atoms with Crippen molar-refractivity contribution in [1.82, 2.24) is 0 Å². The monoisotopic (exact) mass is 349 g/mol. The predicted octanol–water partition coefficient (Wildman–Crippen LogP) is 4.06. The lowest BCUT2D eigenvalue weighted by atomic mass is 9.81. The van der Waals surface area contributed by atoms with E-state index in [0.717, 1.165) is 5.69 Å². The van der Waals surface area contributed by atoms with Crippen molar-refractivity contribution in [2.45, 2.75) is 31.6 Å². The Bertz CT molecular complexity index is 809. The van der Waals surface area contributed by atoms with Crippen LogP contribution in [0.25, 0.3) is 0 Å². The number of amides is 1. The zero-order chi connectivity index (χ0) is 18.1. The highest BCUT2D eigenvalue weighted by molar-refractivity contribution is 5.97. The summed E-state index contributed by atoms with van der Waals surface area (Å²) in [5.74, 6) is -0.729. The maximum absolute atomic E-state index is 13.2. The van der Waals surface area contributed by atoms with Crippen LogP contribution in [0.1, 0.15) is 42.7 Å². The number of para-hydroxylation sites is 1. The van der Waals surface area contributed by atoms with Crippen molar-refractivity contribution in [3.05, 3.63) is 65.7 Å². The molecule has 1 atom stereocenters. The van der Waals surface area contributed by atoms with Gasteiger partial charge in [0, 0.05) is 24.1 Å². The highest BCUT2D eigenvalue weighted by Crippen LogP contribution is 2.42. The van der Waals surface area contributed by atoms with E-state index in [2.05, 4.69) is 18.2 Å². The Kier molecular flexibility index (Phi) is 4.49. The SMILES string of the molecule is O=C(O)C1CCC(C(=O)N2CC(c3ccccc3)c3ccccc32)CC1. The maximum atomic E-state index is 13.2. The molecular formula is C22H23NO3. The molecule has 0 aromatic heterocycles. The number of nitrogens with zero attached hydrogens (tertiary/aromatic N) is 1. The quantitative estimate of drug-likeness (QED) is 0.909. The second kappa shape index (κ2) is 6.94. The highest BCUT2D eigenvalue weighted by atomic mass is 16.4. The van der Waals surface area contributed by atoms with Gasteiger partial charge in [-0.25, -0.2) is 0 Å². The van der Waals surface area contributed by atoms with E-state index in [4.69, 9.17) is 0 Å². The number of hydrogen-bond acceptors (Lipinski definition) is 2. The second-order valence-electron chi connectivity index (χ2n) is 7.36. The number of carboxylic acid groups (broad SMARTS) is 1. The van der Waals surface area contributed by atoms with E-state index in [1.54, 1.807) is 0 Å². The third-order valence-electron chi connectivity index (χ3n) is 5.86. The minimum Gasteiger partial charge on any atom is -0.481 e. The Morgan fingerprint density at radius 2 is 1.46 bits per heavy atom. The summed E-state index contributed by atoms with van der Waals surface area (Å²) >= 11 is 0. The Balaban J connectivity index is 1.56. The molecule has 0 bridgehead atoms. The van der Waals surface area contributed by atoms with Crippen molar-refractivity contribution >= 4 is 17.6 Å². The fourth-order valence-corrected chi connectivity index (χ4v) is 4.39. The van der Waals surface area contributed by atoms with Gasteiger partial charge in [0.15, 0.2) is 0 Å². The number of hydrogen-bond donors (Lipinski definition) is 1. The van der Waals surface area contributed by atoms with Gasteiger partial charge in [-0.15, -0.1) is 0 Å². The summed E-state index contributed by atoms with van der Waals surface area (Å²) in [7, 11) is 0.